The lowest BCUT2D eigenvalue weighted by atomic mass is 10.4. The van der Waals surface area contributed by atoms with Crippen LogP contribution in [0, 0.1) is 0 Å². The van der Waals surface area contributed by atoms with Crippen LogP contribution in [0.25, 0.3) is 0 Å². The minimum atomic E-state index is 0.0746. The van der Waals surface area contributed by atoms with E-state index in [1.165, 1.54) is 0 Å². The predicted octanol–water partition coefficient (Wildman–Crippen LogP) is 0.756. The minimum absolute atomic E-state index is 0.0746. The Bertz CT molecular complexity index is 143. The molecule has 3 nitrogen and oxygen atoms in total. The molecule has 0 bridgehead atoms. The molecule has 3 heteroatoms. The normalized spacial score (nSPS) is 10.2. The van der Waals surface area contributed by atoms with Crippen molar-refractivity contribution in [1.29, 1.82) is 0 Å². The summed E-state index contributed by atoms with van der Waals surface area (Å²) in [4.78, 5) is 11.0. The van der Waals surface area contributed by atoms with Gasteiger partial charge in [-0.25, -0.2) is 0 Å². The first-order chi connectivity index (χ1) is 5.66. The second kappa shape index (κ2) is 7.00. The van der Waals surface area contributed by atoms with Gasteiger partial charge in [-0.15, -0.1) is 6.58 Å². The molecule has 0 spiro atoms. The standard InChI is InChI=1S/C9H17NO2/c1-4-5-10-6-9(11)7-12-8(2)3/h4,8,10H,1,5-7H2,2-3H3. The van der Waals surface area contributed by atoms with Gasteiger partial charge in [0.2, 0.25) is 0 Å². The average Bonchev–Trinajstić information content (AvgIpc) is 2.01. The molecular formula is C9H17NO2. The topological polar surface area (TPSA) is 38.3 Å². The number of ether oxygens (including phenoxy) is 1. The van der Waals surface area contributed by atoms with E-state index in [0.29, 0.717) is 13.1 Å². The zero-order chi connectivity index (χ0) is 9.40. The first-order valence-corrected chi connectivity index (χ1v) is 4.11. The molecule has 0 saturated carbocycles. The lowest BCUT2D eigenvalue weighted by Gasteiger charge is -2.06. The predicted molar refractivity (Wildman–Crippen MR) is 49.2 cm³/mol. The van der Waals surface area contributed by atoms with Gasteiger partial charge in [-0.1, -0.05) is 6.08 Å². The number of carbonyl (C=O) groups excluding carboxylic acids is 1. The highest BCUT2D eigenvalue weighted by molar-refractivity contribution is 5.81. The van der Waals surface area contributed by atoms with Crippen molar-refractivity contribution in [2.45, 2.75) is 20.0 Å². The number of Topliss-reactive ketones (excluding diaryl/α,β-unsaturated/α-hetero) is 1. The lowest BCUT2D eigenvalue weighted by molar-refractivity contribution is -0.124. The van der Waals surface area contributed by atoms with E-state index in [0.717, 1.165) is 0 Å². The molecule has 0 saturated heterocycles. The van der Waals surface area contributed by atoms with Gasteiger partial charge in [0.1, 0.15) is 6.61 Å². The quantitative estimate of drug-likeness (QED) is 0.454. The maximum absolute atomic E-state index is 11.0. The van der Waals surface area contributed by atoms with Crippen LogP contribution in [-0.4, -0.2) is 31.6 Å². The van der Waals surface area contributed by atoms with Gasteiger partial charge in [-0.2, -0.15) is 0 Å². The fourth-order valence-electron chi connectivity index (χ4n) is 0.624. The molecule has 0 amide bonds. The van der Waals surface area contributed by atoms with Gasteiger partial charge in [-0.05, 0) is 13.8 Å². The summed E-state index contributed by atoms with van der Waals surface area (Å²) in [6.07, 6.45) is 1.84. The number of rotatable bonds is 7. The molecule has 0 heterocycles. The molecule has 70 valence electrons. The Morgan fingerprint density at radius 3 is 2.83 bits per heavy atom. The van der Waals surface area contributed by atoms with E-state index in [4.69, 9.17) is 4.74 Å². The lowest BCUT2D eigenvalue weighted by Crippen LogP contribution is -2.27. The van der Waals surface area contributed by atoms with Crippen LogP contribution >= 0.6 is 0 Å². The highest BCUT2D eigenvalue weighted by Gasteiger charge is 2.01. The molecule has 1 N–H and O–H groups in total. The molecule has 0 fully saturated rings. The first-order valence-electron chi connectivity index (χ1n) is 4.11. The van der Waals surface area contributed by atoms with Crippen LogP contribution in [0.15, 0.2) is 12.7 Å². The van der Waals surface area contributed by atoms with Crippen molar-refractivity contribution in [3.8, 4) is 0 Å². The number of carbonyl (C=O) groups is 1. The molecule has 0 aromatic rings. The van der Waals surface area contributed by atoms with E-state index in [2.05, 4.69) is 11.9 Å². The second-order valence-electron chi connectivity index (χ2n) is 2.82. The van der Waals surface area contributed by atoms with Crippen molar-refractivity contribution in [3.63, 3.8) is 0 Å². The van der Waals surface area contributed by atoms with Crippen LogP contribution in [-0.2, 0) is 9.53 Å². The van der Waals surface area contributed by atoms with Crippen LogP contribution in [0.3, 0.4) is 0 Å². The fraction of sp³-hybridized carbons (Fsp3) is 0.667. The van der Waals surface area contributed by atoms with E-state index in [9.17, 15) is 4.79 Å². The molecule has 0 rings (SSSR count). The molecule has 0 aliphatic heterocycles. The van der Waals surface area contributed by atoms with Gasteiger partial charge in [0, 0.05) is 6.54 Å². The third-order valence-electron chi connectivity index (χ3n) is 1.19. The summed E-state index contributed by atoms with van der Waals surface area (Å²) in [7, 11) is 0. The van der Waals surface area contributed by atoms with Crippen molar-refractivity contribution in [2.24, 2.45) is 0 Å². The van der Waals surface area contributed by atoms with Crippen molar-refractivity contribution in [3.05, 3.63) is 12.7 Å². The van der Waals surface area contributed by atoms with Crippen LogP contribution in [0.4, 0.5) is 0 Å². The molecular weight excluding hydrogens is 154 g/mol. The molecule has 0 unspecified atom stereocenters. The summed E-state index contributed by atoms with van der Waals surface area (Å²) in [6, 6.07) is 0. The largest absolute Gasteiger partial charge is 0.371 e. The van der Waals surface area contributed by atoms with Crippen molar-refractivity contribution >= 4 is 5.78 Å². The van der Waals surface area contributed by atoms with Crippen LogP contribution in [0.5, 0.6) is 0 Å². The van der Waals surface area contributed by atoms with Crippen molar-refractivity contribution in [2.75, 3.05) is 19.7 Å². The Balaban J connectivity index is 3.27. The molecule has 0 radical (unpaired) electrons. The summed E-state index contributed by atoms with van der Waals surface area (Å²) in [5, 5.41) is 2.91. The highest BCUT2D eigenvalue weighted by atomic mass is 16.5. The molecule has 0 aromatic heterocycles. The minimum Gasteiger partial charge on any atom is -0.371 e. The van der Waals surface area contributed by atoms with Crippen LogP contribution in [0.2, 0.25) is 0 Å². The summed E-state index contributed by atoms with van der Waals surface area (Å²) in [5.74, 6) is 0.0746. The van der Waals surface area contributed by atoms with Crippen molar-refractivity contribution in [1.82, 2.24) is 5.32 Å². The second-order valence-corrected chi connectivity index (χ2v) is 2.82. The van der Waals surface area contributed by atoms with Crippen LogP contribution in [0.1, 0.15) is 13.8 Å². The summed E-state index contributed by atoms with van der Waals surface area (Å²) in [6.45, 7) is 8.56. The summed E-state index contributed by atoms with van der Waals surface area (Å²) < 4.78 is 5.12. The van der Waals surface area contributed by atoms with Crippen LogP contribution < -0.4 is 5.32 Å². The van der Waals surface area contributed by atoms with Gasteiger partial charge >= 0.3 is 0 Å². The van der Waals surface area contributed by atoms with Gasteiger partial charge in [0.15, 0.2) is 5.78 Å². The van der Waals surface area contributed by atoms with Gasteiger partial charge in [-0.3, -0.25) is 4.79 Å². The highest BCUT2D eigenvalue weighted by Crippen LogP contribution is 1.86. The Labute approximate surface area is 73.8 Å². The smallest absolute Gasteiger partial charge is 0.172 e. The summed E-state index contributed by atoms with van der Waals surface area (Å²) >= 11 is 0. The van der Waals surface area contributed by atoms with E-state index < -0.39 is 0 Å². The number of hydrogen-bond donors (Lipinski definition) is 1. The number of nitrogens with one attached hydrogen (secondary N) is 1. The molecule has 0 atom stereocenters. The van der Waals surface area contributed by atoms with E-state index >= 15 is 0 Å². The van der Waals surface area contributed by atoms with Gasteiger partial charge < -0.3 is 10.1 Å². The van der Waals surface area contributed by atoms with E-state index in [1.54, 1.807) is 6.08 Å². The summed E-state index contributed by atoms with van der Waals surface area (Å²) in [5.41, 5.74) is 0. The Morgan fingerprint density at radius 1 is 1.67 bits per heavy atom. The van der Waals surface area contributed by atoms with E-state index in [-0.39, 0.29) is 18.5 Å². The molecule has 0 aliphatic rings. The maximum atomic E-state index is 11.0. The third-order valence-corrected chi connectivity index (χ3v) is 1.19. The molecule has 12 heavy (non-hydrogen) atoms. The third kappa shape index (κ3) is 7.44. The van der Waals surface area contributed by atoms with Crippen molar-refractivity contribution < 1.29 is 9.53 Å². The Hall–Kier alpha value is -0.670. The number of ketones is 1. The molecule has 0 aliphatic carbocycles. The zero-order valence-corrected chi connectivity index (χ0v) is 7.80. The Kier molecular flexibility index (Phi) is 6.61. The molecule has 0 aromatic carbocycles. The first kappa shape index (κ1) is 11.3. The monoisotopic (exact) mass is 171 g/mol. The SMILES string of the molecule is C=CCNCC(=O)COC(C)C. The number of hydrogen-bond acceptors (Lipinski definition) is 3. The average molecular weight is 171 g/mol. The zero-order valence-electron chi connectivity index (χ0n) is 7.80. The van der Waals surface area contributed by atoms with Gasteiger partial charge in [0.25, 0.3) is 0 Å². The Morgan fingerprint density at radius 2 is 2.33 bits per heavy atom. The van der Waals surface area contributed by atoms with E-state index in [1.807, 2.05) is 13.8 Å². The maximum Gasteiger partial charge on any atom is 0.172 e. The fourth-order valence-corrected chi connectivity index (χ4v) is 0.624. The van der Waals surface area contributed by atoms with Gasteiger partial charge in [0.05, 0.1) is 12.6 Å².